The van der Waals surface area contributed by atoms with Crippen molar-refractivity contribution >= 4 is 0 Å². The van der Waals surface area contributed by atoms with Crippen LogP contribution in [-0.4, -0.2) is 30.0 Å². The molecule has 15 heavy (non-hydrogen) atoms. The summed E-state index contributed by atoms with van der Waals surface area (Å²) in [5, 5.41) is 7.91. The average Bonchev–Trinajstić information content (AvgIpc) is 2.71. The molecule has 0 aliphatic rings. The molecule has 0 saturated heterocycles. The summed E-state index contributed by atoms with van der Waals surface area (Å²) in [7, 11) is 1.70. The zero-order valence-corrected chi connectivity index (χ0v) is 9.40. The van der Waals surface area contributed by atoms with Crippen LogP contribution in [0, 0.1) is 0 Å². The number of ether oxygens (including phenoxy) is 1. The van der Waals surface area contributed by atoms with Crippen LogP contribution in [0.1, 0.15) is 31.5 Å². The second-order valence-corrected chi connectivity index (χ2v) is 3.57. The van der Waals surface area contributed by atoms with Crippen LogP contribution in [0.25, 0.3) is 0 Å². The van der Waals surface area contributed by atoms with Crippen molar-refractivity contribution < 1.29 is 9.15 Å². The Bertz CT molecular complexity index is 275. The molecule has 0 radical (unpaired) electrons. The van der Waals surface area contributed by atoms with Crippen molar-refractivity contribution in [2.45, 2.75) is 38.7 Å². The van der Waals surface area contributed by atoms with Gasteiger partial charge in [-0.05, 0) is 26.3 Å². The molecule has 1 unspecified atom stereocenters. The van der Waals surface area contributed by atoms with Gasteiger partial charge in [-0.1, -0.05) is 0 Å². The molecule has 0 aromatic carbocycles. The molecule has 1 atom stereocenters. The third-order valence-electron chi connectivity index (χ3n) is 2.27. The van der Waals surface area contributed by atoms with Crippen LogP contribution in [-0.2, 0) is 17.6 Å². The maximum atomic E-state index is 5.45. The van der Waals surface area contributed by atoms with Gasteiger partial charge < -0.3 is 14.9 Å². The summed E-state index contributed by atoms with van der Waals surface area (Å²) in [4.78, 5) is 0. The van der Waals surface area contributed by atoms with E-state index in [1.807, 2.05) is 6.92 Å². The molecule has 2 N–H and O–H groups in total. The fourth-order valence-electron chi connectivity index (χ4n) is 1.19. The van der Waals surface area contributed by atoms with Gasteiger partial charge in [0.05, 0.1) is 6.10 Å². The van der Waals surface area contributed by atoms with Crippen molar-refractivity contribution in [3.8, 4) is 0 Å². The maximum Gasteiger partial charge on any atom is 0.216 e. The van der Waals surface area contributed by atoms with E-state index in [2.05, 4.69) is 10.2 Å². The smallest absolute Gasteiger partial charge is 0.216 e. The first-order valence-electron chi connectivity index (χ1n) is 5.30. The van der Waals surface area contributed by atoms with E-state index in [1.54, 1.807) is 7.11 Å². The zero-order valence-electron chi connectivity index (χ0n) is 9.40. The molecule has 0 saturated carbocycles. The van der Waals surface area contributed by atoms with Gasteiger partial charge in [0, 0.05) is 20.0 Å². The van der Waals surface area contributed by atoms with E-state index in [0.717, 1.165) is 25.7 Å². The Morgan fingerprint density at radius 3 is 2.60 bits per heavy atom. The number of aromatic nitrogens is 2. The molecule has 5 heteroatoms. The molecule has 86 valence electrons. The van der Waals surface area contributed by atoms with Gasteiger partial charge in [-0.15, -0.1) is 10.2 Å². The highest BCUT2D eigenvalue weighted by atomic mass is 16.5. The first-order valence-corrected chi connectivity index (χ1v) is 5.30. The second kappa shape index (κ2) is 6.53. The van der Waals surface area contributed by atoms with Gasteiger partial charge in [0.15, 0.2) is 0 Å². The van der Waals surface area contributed by atoms with Crippen LogP contribution < -0.4 is 5.73 Å². The highest BCUT2D eigenvalue weighted by Gasteiger charge is 2.07. The number of hydrogen-bond donors (Lipinski definition) is 1. The Hall–Kier alpha value is -0.940. The molecule has 1 heterocycles. The van der Waals surface area contributed by atoms with Crippen molar-refractivity contribution in [2.24, 2.45) is 5.73 Å². The fourth-order valence-corrected chi connectivity index (χ4v) is 1.19. The average molecular weight is 213 g/mol. The second-order valence-electron chi connectivity index (χ2n) is 3.57. The fraction of sp³-hybridized carbons (Fsp3) is 0.800. The normalized spacial score (nSPS) is 13.0. The summed E-state index contributed by atoms with van der Waals surface area (Å²) >= 11 is 0. The number of nitrogens with two attached hydrogens (primary N) is 1. The first kappa shape index (κ1) is 12.1. The molecule has 0 aliphatic carbocycles. The van der Waals surface area contributed by atoms with E-state index in [1.165, 1.54) is 0 Å². The molecule has 0 fully saturated rings. The summed E-state index contributed by atoms with van der Waals surface area (Å²) in [6.45, 7) is 2.67. The van der Waals surface area contributed by atoms with Crippen molar-refractivity contribution in [3.05, 3.63) is 11.8 Å². The van der Waals surface area contributed by atoms with E-state index < -0.39 is 0 Å². The standard InChI is InChI=1S/C10H19N3O2/c1-8(14-2)5-6-10-13-12-9(15-10)4-3-7-11/h8H,3-7,11H2,1-2H3. The van der Waals surface area contributed by atoms with E-state index in [9.17, 15) is 0 Å². The Balaban J connectivity index is 2.32. The molecule has 1 aromatic rings. The highest BCUT2D eigenvalue weighted by Crippen LogP contribution is 2.07. The van der Waals surface area contributed by atoms with Crippen molar-refractivity contribution in [1.29, 1.82) is 0 Å². The number of methoxy groups -OCH3 is 1. The Morgan fingerprint density at radius 1 is 1.33 bits per heavy atom. The van der Waals surface area contributed by atoms with Gasteiger partial charge in [-0.3, -0.25) is 0 Å². The summed E-state index contributed by atoms with van der Waals surface area (Å²) in [5.41, 5.74) is 5.39. The van der Waals surface area contributed by atoms with Crippen LogP contribution in [0.3, 0.4) is 0 Å². The first-order chi connectivity index (χ1) is 7.26. The van der Waals surface area contributed by atoms with Crippen LogP contribution >= 0.6 is 0 Å². The third-order valence-corrected chi connectivity index (χ3v) is 2.27. The number of aryl methyl sites for hydroxylation is 2. The number of nitrogens with zero attached hydrogens (tertiary/aromatic N) is 2. The molecule has 0 aliphatic heterocycles. The van der Waals surface area contributed by atoms with Crippen molar-refractivity contribution in [1.82, 2.24) is 10.2 Å². The highest BCUT2D eigenvalue weighted by molar-refractivity contribution is 4.82. The van der Waals surface area contributed by atoms with Gasteiger partial charge in [0.2, 0.25) is 11.8 Å². The molecule has 0 amide bonds. The van der Waals surface area contributed by atoms with E-state index in [0.29, 0.717) is 18.3 Å². The lowest BCUT2D eigenvalue weighted by Crippen LogP contribution is -2.05. The van der Waals surface area contributed by atoms with E-state index >= 15 is 0 Å². The summed E-state index contributed by atoms with van der Waals surface area (Å²) < 4.78 is 10.6. The molecule has 0 spiro atoms. The Labute approximate surface area is 90.0 Å². The summed E-state index contributed by atoms with van der Waals surface area (Å²) in [5.74, 6) is 1.37. The molecular formula is C10H19N3O2. The van der Waals surface area contributed by atoms with Crippen LogP contribution in [0.4, 0.5) is 0 Å². The van der Waals surface area contributed by atoms with E-state index in [4.69, 9.17) is 14.9 Å². The SMILES string of the molecule is COC(C)CCc1nnc(CCCN)o1. The minimum absolute atomic E-state index is 0.226. The quantitative estimate of drug-likeness (QED) is 0.729. The van der Waals surface area contributed by atoms with Crippen LogP contribution in [0.15, 0.2) is 4.42 Å². The zero-order chi connectivity index (χ0) is 11.1. The number of hydrogen-bond acceptors (Lipinski definition) is 5. The predicted molar refractivity (Wildman–Crippen MR) is 56.5 cm³/mol. The summed E-state index contributed by atoms with van der Waals surface area (Å²) in [6.07, 6.45) is 3.54. The van der Waals surface area contributed by atoms with Gasteiger partial charge in [-0.2, -0.15) is 0 Å². The molecule has 1 aromatic heterocycles. The van der Waals surface area contributed by atoms with Crippen molar-refractivity contribution in [2.75, 3.05) is 13.7 Å². The maximum absolute atomic E-state index is 5.45. The lowest BCUT2D eigenvalue weighted by molar-refractivity contribution is 0.109. The summed E-state index contributed by atoms with van der Waals surface area (Å²) in [6, 6.07) is 0. The topological polar surface area (TPSA) is 74.2 Å². The molecule has 5 nitrogen and oxygen atoms in total. The lowest BCUT2D eigenvalue weighted by Gasteiger charge is -2.05. The monoisotopic (exact) mass is 213 g/mol. The Morgan fingerprint density at radius 2 is 2.00 bits per heavy atom. The van der Waals surface area contributed by atoms with Gasteiger partial charge >= 0.3 is 0 Å². The minimum Gasteiger partial charge on any atom is -0.425 e. The van der Waals surface area contributed by atoms with Crippen LogP contribution in [0.5, 0.6) is 0 Å². The van der Waals surface area contributed by atoms with E-state index in [-0.39, 0.29) is 6.10 Å². The van der Waals surface area contributed by atoms with Gasteiger partial charge in [-0.25, -0.2) is 0 Å². The van der Waals surface area contributed by atoms with Crippen molar-refractivity contribution in [3.63, 3.8) is 0 Å². The number of rotatable bonds is 7. The molecule has 0 bridgehead atoms. The van der Waals surface area contributed by atoms with Gasteiger partial charge in [0.25, 0.3) is 0 Å². The molecular weight excluding hydrogens is 194 g/mol. The third kappa shape index (κ3) is 4.40. The predicted octanol–water partition coefficient (Wildman–Crippen LogP) is 0.928. The van der Waals surface area contributed by atoms with Gasteiger partial charge in [0.1, 0.15) is 0 Å². The molecule has 1 rings (SSSR count). The van der Waals surface area contributed by atoms with Crippen LogP contribution in [0.2, 0.25) is 0 Å². The largest absolute Gasteiger partial charge is 0.425 e. The lowest BCUT2D eigenvalue weighted by atomic mass is 10.2. The Kier molecular flexibility index (Phi) is 5.28. The minimum atomic E-state index is 0.226.